The number of nitrogens with two attached hydrogens (primary N) is 1. The Morgan fingerprint density at radius 3 is 2.50 bits per heavy atom. The number of amides is 1. The number of carbonyl (C=O) groups excluding carboxylic acids is 1. The van der Waals surface area contributed by atoms with Crippen molar-refractivity contribution in [1.82, 2.24) is 14.7 Å². The van der Waals surface area contributed by atoms with Crippen molar-refractivity contribution in [2.45, 2.75) is 39.0 Å². The van der Waals surface area contributed by atoms with Crippen molar-refractivity contribution in [1.29, 1.82) is 0 Å². The lowest BCUT2D eigenvalue weighted by Gasteiger charge is -2.25. The van der Waals surface area contributed by atoms with Gasteiger partial charge < -0.3 is 10.6 Å². The lowest BCUT2D eigenvalue weighted by atomic mass is 9.98. The van der Waals surface area contributed by atoms with Gasteiger partial charge in [-0.3, -0.25) is 9.48 Å². The Hall–Kier alpha value is -1.36. The Morgan fingerprint density at radius 2 is 2.00 bits per heavy atom. The fourth-order valence-corrected chi connectivity index (χ4v) is 2.94. The third-order valence-electron chi connectivity index (χ3n) is 4.13. The van der Waals surface area contributed by atoms with Crippen LogP contribution in [0.2, 0.25) is 0 Å². The molecule has 0 aromatic carbocycles. The van der Waals surface area contributed by atoms with Crippen LogP contribution in [0.5, 0.6) is 0 Å². The monoisotopic (exact) mass is 278 g/mol. The van der Waals surface area contributed by atoms with Crippen LogP contribution in [-0.4, -0.2) is 40.2 Å². The number of aromatic nitrogens is 2. The van der Waals surface area contributed by atoms with Crippen LogP contribution >= 0.6 is 0 Å². The summed E-state index contributed by atoms with van der Waals surface area (Å²) in [5.74, 6) is 0.105. The van der Waals surface area contributed by atoms with E-state index in [2.05, 4.69) is 5.10 Å². The average molecular weight is 278 g/mol. The summed E-state index contributed by atoms with van der Waals surface area (Å²) in [6.07, 6.45) is 7.40. The Morgan fingerprint density at radius 1 is 1.35 bits per heavy atom. The van der Waals surface area contributed by atoms with Crippen LogP contribution in [0.3, 0.4) is 0 Å². The highest BCUT2D eigenvalue weighted by Gasteiger charge is 2.25. The number of carbonyl (C=O) groups is 1. The first kappa shape index (κ1) is 15.0. The summed E-state index contributed by atoms with van der Waals surface area (Å²) in [4.78, 5) is 14.6. The molecule has 1 aliphatic rings. The van der Waals surface area contributed by atoms with E-state index in [-0.39, 0.29) is 11.8 Å². The molecule has 0 bridgehead atoms. The largest absolute Gasteiger partial charge is 0.342 e. The molecule has 0 spiro atoms. The molecule has 0 radical (unpaired) electrons. The molecule has 2 N–H and O–H groups in total. The number of likely N-dealkylation sites (tertiary alicyclic amines) is 1. The number of hydrogen-bond acceptors (Lipinski definition) is 3. The van der Waals surface area contributed by atoms with Crippen LogP contribution in [0.15, 0.2) is 6.20 Å². The van der Waals surface area contributed by atoms with E-state index in [1.54, 1.807) is 4.68 Å². The van der Waals surface area contributed by atoms with Crippen LogP contribution in [0.4, 0.5) is 0 Å². The third-order valence-corrected chi connectivity index (χ3v) is 4.13. The molecular formula is C15H26N4O. The molecule has 5 nitrogen and oxygen atoms in total. The van der Waals surface area contributed by atoms with Crippen molar-refractivity contribution in [2.75, 3.05) is 19.6 Å². The number of hydrogen-bond donors (Lipinski definition) is 1. The minimum absolute atomic E-state index is 0.115. The normalized spacial score (nSPS) is 17.9. The van der Waals surface area contributed by atoms with E-state index >= 15 is 0 Å². The fourth-order valence-electron chi connectivity index (χ4n) is 2.94. The second-order valence-electron chi connectivity index (χ2n) is 5.79. The van der Waals surface area contributed by atoms with Gasteiger partial charge in [0.2, 0.25) is 5.91 Å². The van der Waals surface area contributed by atoms with E-state index in [4.69, 9.17) is 5.73 Å². The standard InChI is InChI=1S/C15H26N4O/c1-12-14(11-18(2)17-12)9-13(10-16)15(20)19-7-5-3-4-6-8-19/h11,13H,3-10,16H2,1-2H3. The van der Waals surface area contributed by atoms with E-state index in [0.29, 0.717) is 13.0 Å². The van der Waals surface area contributed by atoms with Crippen molar-refractivity contribution in [3.63, 3.8) is 0 Å². The molecule has 1 aromatic rings. The Kier molecular flexibility index (Phi) is 5.17. The molecule has 112 valence electrons. The predicted octanol–water partition coefficient (Wildman–Crippen LogP) is 1.25. The summed E-state index contributed by atoms with van der Waals surface area (Å²) >= 11 is 0. The third kappa shape index (κ3) is 3.60. The Labute approximate surface area is 121 Å². The molecule has 20 heavy (non-hydrogen) atoms. The van der Waals surface area contributed by atoms with E-state index in [1.807, 2.05) is 25.1 Å². The SMILES string of the molecule is Cc1nn(C)cc1CC(CN)C(=O)N1CCCCCC1. The van der Waals surface area contributed by atoms with Crippen LogP contribution in [-0.2, 0) is 18.3 Å². The molecule has 2 rings (SSSR count). The molecular weight excluding hydrogens is 252 g/mol. The molecule has 1 aliphatic heterocycles. The van der Waals surface area contributed by atoms with Gasteiger partial charge >= 0.3 is 0 Å². The zero-order valence-electron chi connectivity index (χ0n) is 12.6. The first-order valence-corrected chi connectivity index (χ1v) is 7.59. The van der Waals surface area contributed by atoms with Gasteiger partial charge in [-0.1, -0.05) is 12.8 Å². The van der Waals surface area contributed by atoms with Gasteiger partial charge in [-0.15, -0.1) is 0 Å². The zero-order valence-corrected chi connectivity index (χ0v) is 12.6. The van der Waals surface area contributed by atoms with Crippen molar-refractivity contribution in [3.8, 4) is 0 Å². The zero-order chi connectivity index (χ0) is 14.5. The summed E-state index contributed by atoms with van der Waals surface area (Å²) in [6, 6.07) is 0. The maximum absolute atomic E-state index is 12.6. The van der Waals surface area contributed by atoms with E-state index < -0.39 is 0 Å². The Balaban J connectivity index is 2.03. The van der Waals surface area contributed by atoms with Crippen LogP contribution in [0, 0.1) is 12.8 Å². The highest BCUT2D eigenvalue weighted by molar-refractivity contribution is 5.79. The van der Waals surface area contributed by atoms with Gasteiger partial charge in [0.1, 0.15) is 0 Å². The fraction of sp³-hybridized carbons (Fsp3) is 0.733. The average Bonchev–Trinajstić information content (AvgIpc) is 2.64. The van der Waals surface area contributed by atoms with Gasteiger partial charge in [0.25, 0.3) is 0 Å². The van der Waals surface area contributed by atoms with Gasteiger partial charge in [-0.25, -0.2) is 0 Å². The van der Waals surface area contributed by atoms with Crippen molar-refractivity contribution >= 4 is 5.91 Å². The molecule has 1 saturated heterocycles. The number of nitrogens with zero attached hydrogens (tertiary/aromatic N) is 3. The highest BCUT2D eigenvalue weighted by Crippen LogP contribution is 2.17. The maximum Gasteiger partial charge on any atom is 0.227 e. The van der Waals surface area contributed by atoms with Crippen LogP contribution in [0.25, 0.3) is 0 Å². The molecule has 1 atom stereocenters. The molecule has 5 heteroatoms. The maximum atomic E-state index is 12.6. The summed E-state index contributed by atoms with van der Waals surface area (Å²) in [5.41, 5.74) is 7.98. The summed E-state index contributed by atoms with van der Waals surface area (Å²) < 4.78 is 1.80. The molecule has 1 fully saturated rings. The molecule has 1 aromatic heterocycles. The van der Waals surface area contributed by atoms with Crippen LogP contribution in [0.1, 0.15) is 36.9 Å². The second kappa shape index (κ2) is 6.88. The van der Waals surface area contributed by atoms with Gasteiger partial charge in [0.05, 0.1) is 11.6 Å². The van der Waals surface area contributed by atoms with Crippen molar-refractivity contribution < 1.29 is 4.79 Å². The molecule has 0 aliphatic carbocycles. The van der Waals surface area contributed by atoms with E-state index in [9.17, 15) is 4.79 Å². The first-order valence-electron chi connectivity index (χ1n) is 7.59. The minimum atomic E-state index is -0.115. The molecule has 1 amide bonds. The van der Waals surface area contributed by atoms with E-state index in [1.165, 1.54) is 12.8 Å². The van der Waals surface area contributed by atoms with Crippen LogP contribution < -0.4 is 5.73 Å². The van der Waals surface area contributed by atoms with Gasteiger partial charge in [-0.2, -0.15) is 5.10 Å². The number of aryl methyl sites for hydroxylation is 2. The van der Waals surface area contributed by atoms with Gasteiger partial charge in [-0.05, 0) is 31.7 Å². The lowest BCUT2D eigenvalue weighted by molar-refractivity contribution is -0.135. The molecule has 2 heterocycles. The predicted molar refractivity (Wildman–Crippen MR) is 79.2 cm³/mol. The van der Waals surface area contributed by atoms with Gasteiger partial charge in [0, 0.05) is 32.9 Å². The molecule has 1 unspecified atom stereocenters. The van der Waals surface area contributed by atoms with Crippen molar-refractivity contribution in [2.24, 2.45) is 18.7 Å². The minimum Gasteiger partial charge on any atom is -0.342 e. The molecule has 0 saturated carbocycles. The lowest BCUT2D eigenvalue weighted by Crippen LogP contribution is -2.40. The second-order valence-corrected chi connectivity index (χ2v) is 5.79. The summed E-state index contributed by atoms with van der Waals surface area (Å²) in [6.45, 7) is 4.17. The van der Waals surface area contributed by atoms with Crippen molar-refractivity contribution in [3.05, 3.63) is 17.5 Å². The Bertz CT molecular complexity index is 447. The van der Waals surface area contributed by atoms with Gasteiger partial charge in [0.15, 0.2) is 0 Å². The summed E-state index contributed by atoms with van der Waals surface area (Å²) in [5, 5.41) is 4.34. The van der Waals surface area contributed by atoms with E-state index in [0.717, 1.165) is 37.2 Å². The topological polar surface area (TPSA) is 64.2 Å². The highest BCUT2D eigenvalue weighted by atomic mass is 16.2. The quantitative estimate of drug-likeness (QED) is 0.901. The first-order chi connectivity index (χ1) is 9.61. The summed E-state index contributed by atoms with van der Waals surface area (Å²) in [7, 11) is 1.91. The smallest absolute Gasteiger partial charge is 0.227 e. The number of rotatable bonds is 4.